The number of thioether (sulfide) groups is 1. The molecule has 8 heteroatoms. The molecule has 3 aromatic rings. The number of hydrogen-bond acceptors (Lipinski definition) is 5. The fraction of sp³-hybridized carbons (Fsp3) is 0.154. The molecular weight excluding hydrogens is 451 g/mol. The SMILES string of the molecule is CC[C@H](SC1=Nc2ccccc2C2=N[C@H](c3ccccc3)C(=O)N12)C(=O)Nc1ccccc1F. The number of fused-ring (bicyclic) bond motifs is 3. The summed E-state index contributed by atoms with van der Waals surface area (Å²) >= 11 is 1.18. The molecule has 2 aliphatic rings. The van der Waals surface area contributed by atoms with Gasteiger partial charge in [0.2, 0.25) is 5.91 Å². The van der Waals surface area contributed by atoms with Crippen LogP contribution in [-0.2, 0) is 9.59 Å². The molecule has 34 heavy (non-hydrogen) atoms. The van der Waals surface area contributed by atoms with E-state index >= 15 is 0 Å². The van der Waals surface area contributed by atoms with Gasteiger partial charge in [-0.15, -0.1) is 0 Å². The number of nitrogens with zero attached hydrogens (tertiary/aromatic N) is 3. The van der Waals surface area contributed by atoms with Gasteiger partial charge in [-0.3, -0.25) is 9.59 Å². The summed E-state index contributed by atoms with van der Waals surface area (Å²) in [6.07, 6.45) is 0.461. The van der Waals surface area contributed by atoms with Crippen molar-refractivity contribution < 1.29 is 14.0 Å². The summed E-state index contributed by atoms with van der Waals surface area (Å²) in [4.78, 5) is 37.5. The second-order valence-electron chi connectivity index (χ2n) is 7.83. The highest BCUT2D eigenvalue weighted by molar-refractivity contribution is 8.15. The first-order valence-electron chi connectivity index (χ1n) is 10.9. The van der Waals surface area contributed by atoms with Crippen molar-refractivity contribution >= 4 is 46.0 Å². The summed E-state index contributed by atoms with van der Waals surface area (Å²) in [6, 6.07) is 22.2. The Hall–Kier alpha value is -3.78. The Labute approximate surface area is 200 Å². The maximum Gasteiger partial charge on any atom is 0.263 e. The van der Waals surface area contributed by atoms with E-state index in [9.17, 15) is 14.0 Å². The number of amides is 2. The van der Waals surface area contributed by atoms with Crippen LogP contribution in [-0.4, -0.2) is 33.0 Å². The van der Waals surface area contributed by atoms with Gasteiger partial charge in [-0.25, -0.2) is 19.3 Å². The van der Waals surface area contributed by atoms with Crippen molar-refractivity contribution in [1.29, 1.82) is 0 Å². The third kappa shape index (κ3) is 4.01. The molecule has 5 rings (SSSR count). The van der Waals surface area contributed by atoms with Crippen LogP contribution >= 0.6 is 11.8 Å². The molecule has 2 amide bonds. The minimum atomic E-state index is -0.680. The molecule has 0 saturated heterocycles. The fourth-order valence-electron chi connectivity index (χ4n) is 3.91. The summed E-state index contributed by atoms with van der Waals surface area (Å²) < 4.78 is 14.1. The fourth-order valence-corrected chi connectivity index (χ4v) is 4.93. The van der Waals surface area contributed by atoms with Gasteiger partial charge in [0.25, 0.3) is 5.91 Å². The molecule has 0 unspecified atom stereocenters. The summed E-state index contributed by atoms with van der Waals surface area (Å²) in [5, 5.41) is 2.45. The number of halogens is 1. The van der Waals surface area contributed by atoms with Crippen molar-refractivity contribution in [3.63, 3.8) is 0 Å². The summed E-state index contributed by atoms with van der Waals surface area (Å²) in [5.74, 6) is -0.555. The molecule has 0 aromatic heterocycles. The smallest absolute Gasteiger partial charge is 0.263 e. The number of para-hydroxylation sites is 2. The molecule has 0 bridgehead atoms. The highest BCUT2D eigenvalue weighted by Gasteiger charge is 2.43. The van der Waals surface area contributed by atoms with Crippen LogP contribution in [0.1, 0.15) is 30.5 Å². The van der Waals surface area contributed by atoms with Crippen molar-refractivity contribution in [2.45, 2.75) is 24.6 Å². The van der Waals surface area contributed by atoms with Crippen LogP contribution in [0.5, 0.6) is 0 Å². The van der Waals surface area contributed by atoms with Crippen LogP contribution in [0, 0.1) is 5.82 Å². The van der Waals surface area contributed by atoms with E-state index in [1.54, 1.807) is 12.1 Å². The van der Waals surface area contributed by atoms with Gasteiger partial charge >= 0.3 is 0 Å². The average Bonchev–Trinajstić information content (AvgIpc) is 3.22. The molecule has 0 aliphatic carbocycles. The van der Waals surface area contributed by atoms with Gasteiger partial charge in [0.15, 0.2) is 11.2 Å². The van der Waals surface area contributed by atoms with Crippen molar-refractivity contribution in [2.75, 3.05) is 5.32 Å². The summed E-state index contributed by atoms with van der Waals surface area (Å²) in [5.41, 5.74) is 2.36. The van der Waals surface area contributed by atoms with Gasteiger partial charge in [0.05, 0.1) is 16.6 Å². The normalized spacial score (nSPS) is 17.4. The summed E-state index contributed by atoms with van der Waals surface area (Å²) in [6.45, 7) is 1.86. The van der Waals surface area contributed by atoms with Crippen molar-refractivity contribution in [2.24, 2.45) is 9.98 Å². The van der Waals surface area contributed by atoms with E-state index in [1.165, 1.54) is 28.8 Å². The lowest BCUT2D eigenvalue weighted by Gasteiger charge is -2.27. The molecule has 0 radical (unpaired) electrons. The van der Waals surface area contributed by atoms with Gasteiger partial charge < -0.3 is 5.32 Å². The third-order valence-electron chi connectivity index (χ3n) is 5.63. The Morgan fingerprint density at radius 1 is 1.06 bits per heavy atom. The van der Waals surface area contributed by atoms with Crippen LogP contribution in [0.15, 0.2) is 88.8 Å². The Morgan fingerprint density at radius 2 is 1.76 bits per heavy atom. The lowest BCUT2D eigenvalue weighted by Crippen LogP contribution is -2.41. The molecule has 2 heterocycles. The van der Waals surface area contributed by atoms with Gasteiger partial charge in [0.1, 0.15) is 11.7 Å². The topological polar surface area (TPSA) is 74.1 Å². The standard InChI is InChI=1S/C26H21FN4O2S/c1-2-21(24(32)28-20-15-9-7-13-18(20)27)34-26-29-19-14-8-6-12-17(19)23-30-22(25(33)31(23)26)16-10-4-3-5-11-16/h3-15,21-22H,2H2,1H3,(H,28,32)/t21-,22+/m0/s1. The van der Waals surface area contributed by atoms with Crippen molar-refractivity contribution in [3.05, 3.63) is 95.8 Å². The minimum absolute atomic E-state index is 0.117. The maximum atomic E-state index is 14.1. The molecule has 6 nitrogen and oxygen atoms in total. The van der Waals surface area contributed by atoms with E-state index in [1.807, 2.05) is 61.5 Å². The third-order valence-corrected chi connectivity index (χ3v) is 6.94. The van der Waals surface area contributed by atoms with Crippen molar-refractivity contribution in [3.8, 4) is 0 Å². The first kappa shape index (κ1) is 22.0. The van der Waals surface area contributed by atoms with E-state index in [0.29, 0.717) is 23.1 Å². The number of anilines is 1. The zero-order valence-electron chi connectivity index (χ0n) is 18.3. The number of amidine groups is 2. The van der Waals surface area contributed by atoms with Crippen LogP contribution in [0.25, 0.3) is 0 Å². The largest absolute Gasteiger partial charge is 0.323 e. The molecular formula is C26H21FN4O2S. The number of carbonyl (C=O) groups is 2. The summed E-state index contributed by atoms with van der Waals surface area (Å²) in [7, 11) is 0. The van der Waals surface area contributed by atoms with Crippen LogP contribution in [0.3, 0.4) is 0 Å². The quantitative estimate of drug-likeness (QED) is 0.547. The molecule has 2 atom stereocenters. The lowest BCUT2D eigenvalue weighted by molar-refractivity contribution is -0.124. The number of aliphatic imine (C=N–C) groups is 2. The van der Waals surface area contributed by atoms with E-state index < -0.39 is 17.1 Å². The molecule has 2 aliphatic heterocycles. The Kier molecular flexibility index (Phi) is 5.98. The maximum absolute atomic E-state index is 14.1. The molecule has 170 valence electrons. The first-order chi connectivity index (χ1) is 16.6. The van der Waals surface area contributed by atoms with Crippen LogP contribution in [0.2, 0.25) is 0 Å². The Morgan fingerprint density at radius 3 is 2.53 bits per heavy atom. The van der Waals surface area contributed by atoms with Gasteiger partial charge in [-0.05, 0) is 36.2 Å². The number of benzene rings is 3. The number of rotatable bonds is 5. The van der Waals surface area contributed by atoms with Gasteiger partial charge in [-0.2, -0.15) is 0 Å². The zero-order chi connectivity index (χ0) is 23.7. The molecule has 3 aromatic carbocycles. The zero-order valence-corrected chi connectivity index (χ0v) is 19.1. The van der Waals surface area contributed by atoms with Crippen molar-refractivity contribution in [1.82, 2.24) is 4.90 Å². The minimum Gasteiger partial charge on any atom is -0.323 e. The van der Waals surface area contributed by atoms with Crippen LogP contribution < -0.4 is 5.32 Å². The average molecular weight is 473 g/mol. The van der Waals surface area contributed by atoms with E-state index in [0.717, 1.165) is 11.1 Å². The first-order valence-corrected chi connectivity index (χ1v) is 11.8. The van der Waals surface area contributed by atoms with E-state index in [-0.39, 0.29) is 17.5 Å². The molecule has 1 N–H and O–H groups in total. The Balaban J connectivity index is 1.47. The van der Waals surface area contributed by atoms with Gasteiger partial charge in [-0.1, -0.05) is 73.3 Å². The highest BCUT2D eigenvalue weighted by Crippen LogP contribution is 2.38. The highest BCUT2D eigenvalue weighted by atomic mass is 32.2. The molecule has 0 saturated carbocycles. The van der Waals surface area contributed by atoms with Gasteiger partial charge in [0, 0.05) is 5.56 Å². The second-order valence-corrected chi connectivity index (χ2v) is 9.00. The van der Waals surface area contributed by atoms with E-state index in [4.69, 9.17) is 9.98 Å². The number of hydrogen-bond donors (Lipinski definition) is 1. The number of nitrogens with one attached hydrogen (secondary N) is 1. The monoisotopic (exact) mass is 472 g/mol. The molecule has 0 spiro atoms. The predicted molar refractivity (Wildman–Crippen MR) is 133 cm³/mol. The lowest BCUT2D eigenvalue weighted by atomic mass is 10.1. The van der Waals surface area contributed by atoms with Crippen LogP contribution in [0.4, 0.5) is 15.8 Å². The molecule has 0 fully saturated rings. The predicted octanol–water partition coefficient (Wildman–Crippen LogP) is 5.31. The van der Waals surface area contributed by atoms with E-state index in [2.05, 4.69) is 5.32 Å². The second kappa shape index (κ2) is 9.23. The number of carbonyl (C=O) groups excluding carboxylic acids is 2. The Bertz CT molecular complexity index is 1330.